The molecule has 1 saturated heterocycles. The number of fused-ring (bicyclic) bond motifs is 1. The first-order valence-electron chi connectivity index (χ1n) is 12.2. The lowest BCUT2D eigenvalue weighted by Crippen LogP contribution is -2.38. The van der Waals surface area contributed by atoms with Crippen LogP contribution in [0.15, 0.2) is 54.0 Å². The van der Waals surface area contributed by atoms with E-state index in [1.807, 2.05) is 60.7 Å². The van der Waals surface area contributed by atoms with Gasteiger partial charge in [0.25, 0.3) is 11.8 Å². The van der Waals surface area contributed by atoms with E-state index in [2.05, 4.69) is 22.4 Å². The van der Waals surface area contributed by atoms with Gasteiger partial charge in [-0.3, -0.25) is 14.6 Å². The molecular formula is C28H30N4O2S. The van der Waals surface area contributed by atoms with E-state index in [1.54, 1.807) is 0 Å². The van der Waals surface area contributed by atoms with Crippen molar-refractivity contribution in [2.45, 2.75) is 39.0 Å². The van der Waals surface area contributed by atoms with E-state index in [1.165, 1.54) is 22.3 Å². The Morgan fingerprint density at radius 2 is 1.91 bits per heavy atom. The molecule has 0 bridgehead atoms. The molecule has 0 saturated carbocycles. The molecule has 0 unspecified atom stereocenters. The molecule has 0 atom stereocenters. The molecule has 3 aromatic heterocycles. The molecule has 180 valence electrons. The summed E-state index contributed by atoms with van der Waals surface area (Å²) in [6, 6.07) is 14.0. The Morgan fingerprint density at radius 3 is 2.69 bits per heavy atom. The van der Waals surface area contributed by atoms with E-state index >= 15 is 0 Å². The summed E-state index contributed by atoms with van der Waals surface area (Å²) in [6.45, 7) is 5.86. The maximum absolute atomic E-state index is 13.2. The number of H-pyrrole nitrogens is 1. The summed E-state index contributed by atoms with van der Waals surface area (Å²) in [4.78, 5) is 36.9. The fourth-order valence-electron chi connectivity index (χ4n) is 4.92. The summed E-state index contributed by atoms with van der Waals surface area (Å²) >= 11 is 1.51. The molecule has 2 amide bonds. The van der Waals surface area contributed by atoms with Crippen molar-refractivity contribution in [3.05, 3.63) is 87.0 Å². The van der Waals surface area contributed by atoms with Gasteiger partial charge in [0, 0.05) is 48.3 Å². The lowest BCUT2D eigenvalue weighted by molar-refractivity contribution is 0.0714. The van der Waals surface area contributed by atoms with Crippen LogP contribution in [0.5, 0.6) is 0 Å². The molecule has 4 heterocycles. The van der Waals surface area contributed by atoms with Gasteiger partial charge in [0.15, 0.2) is 0 Å². The number of benzene rings is 1. The van der Waals surface area contributed by atoms with Gasteiger partial charge in [0.1, 0.15) is 0 Å². The zero-order chi connectivity index (χ0) is 24.4. The summed E-state index contributed by atoms with van der Waals surface area (Å²) < 4.78 is 0. The van der Waals surface area contributed by atoms with Crippen molar-refractivity contribution in [1.29, 1.82) is 0 Å². The molecule has 1 aliphatic heterocycles. The highest BCUT2D eigenvalue weighted by Gasteiger charge is 2.29. The Balaban J connectivity index is 1.24. The summed E-state index contributed by atoms with van der Waals surface area (Å²) in [5, 5.41) is 6.26. The van der Waals surface area contributed by atoms with E-state index in [4.69, 9.17) is 4.98 Å². The molecule has 7 heteroatoms. The Kier molecular flexibility index (Phi) is 6.68. The molecule has 1 aliphatic rings. The number of carbonyl (C=O) groups excluding carboxylic acids is 2. The Bertz CT molecular complexity index is 1360. The number of likely N-dealkylation sites (tertiary alicyclic amines) is 1. The summed E-state index contributed by atoms with van der Waals surface area (Å²) in [6.07, 6.45) is 4.39. The Morgan fingerprint density at radius 1 is 1.11 bits per heavy atom. The van der Waals surface area contributed by atoms with Crippen LogP contribution in [0.4, 0.5) is 0 Å². The van der Waals surface area contributed by atoms with Gasteiger partial charge in [-0.15, -0.1) is 11.3 Å². The van der Waals surface area contributed by atoms with Gasteiger partial charge in [0.2, 0.25) is 0 Å². The lowest BCUT2D eigenvalue weighted by Gasteiger charge is -2.32. The SMILES string of the molecule is Cc1ccc(C(=O)NCCc2c[nH]c3ccccc23)c(C2CCN(C(=O)c3sccc3C)CC2)n1. The van der Waals surface area contributed by atoms with Crippen LogP contribution >= 0.6 is 11.3 Å². The molecule has 35 heavy (non-hydrogen) atoms. The van der Waals surface area contributed by atoms with Crippen molar-refractivity contribution in [2.75, 3.05) is 19.6 Å². The van der Waals surface area contributed by atoms with Crippen LogP contribution in [0.1, 0.15) is 61.3 Å². The number of aryl methyl sites for hydroxylation is 2. The van der Waals surface area contributed by atoms with E-state index in [9.17, 15) is 9.59 Å². The first kappa shape index (κ1) is 23.3. The highest BCUT2D eigenvalue weighted by molar-refractivity contribution is 7.12. The number of hydrogen-bond acceptors (Lipinski definition) is 4. The second-order valence-corrected chi connectivity index (χ2v) is 10.2. The highest BCUT2D eigenvalue weighted by atomic mass is 32.1. The first-order chi connectivity index (χ1) is 17.0. The normalized spacial score (nSPS) is 14.4. The van der Waals surface area contributed by atoms with Gasteiger partial charge in [-0.25, -0.2) is 0 Å². The number of aromatic nitrogens is 2. The van der Waals surface area contributed by atoms with Crippen molar-refractivity contribution in [3.63, 3.8) is 0 Å². The quantitative estimate of drug-likeness (QED) is 0.392. The number of amides is 2. The third kappa shape index (κ3) is 4.86. The van der Waals surface area contributed by atoms with Crippen LogP contribution in [0, 0.1) is 13.8 Å². The number of rotatable bonds is 6. The van der Waals surface area contributed by atoms with E-state index in [0.29, 0.717) is 25.2 Å². The van der Waals surface area contributed by atoms with Crippen molar-refractivity contribution < 1.29 is 9.59 Å². The molecule has 5 rings (SSSR count). The van der Waals surface area contributed by atoms with Crippen LogP contribution in [-0.2, 0) is 6.42 Å². The predicted octanol–water partition coefficient (Wildman–Crippen LogP) is 5.23. The fraction of sp³-hybridized carbons (Fsp3) is 0.321. The number of nitrogens with one attached hydrogen (secondary N) is 2. The average Bonchev–Trinajstić information content (AvgIpc) is 3.49. The van der Waals surface area contributed by atoms with Crippen LogP contribution in [0.3, 0.4) is 0 Å². The number of nitrogens with zero attached hydrogens (tertiary/aromatic N) is 2. The van der Waals surface area contributed by atoms with E-state index in [-0.39, 0.29) is 17.7 Å². The van der Waals surface area contributed by atoms with Gasteiger partial charge in [0.05, 0.1) is 16.1 Å². The minimum absolute atomic E-state index is 0.0833. The zero-order valence-electron chi connectivity index (χ0n) is 20.1. The number of pyridine rings is 1. The summed E-state index contributed by atoms with van der Waals surface area (Å²) in [5.41, 5.74) is 5.75. The fourth-order valence-corrected chi connectivity index (χ4v) is 5.81. The van der Waals surface area contributed by atoms with Crippen LogP contribution in [0.2, 0.25) is 0 Å². The Labute approximate surface area is 209 Å². The average molecular weight is 487 g/mol. The molecule has 4 aromatic rings. The van der Waals surface area contributed by atoms with Crippen molar-refractivity contribution >= 4 is 34.1 Å². The van der Waals surface area contributed by atoms with Gasteiger partial charge >= 0.3 is 0 Å². The number of para-hydroxylation sites is 1. The Hall–Kier alpha value is -3.45. The van der Waals surface area contributed by atoms with Crippen LogP contribution < -0.4 is 5.32 Å². The first-order valence-corrected chi connectivity index (χ1v) is 13.0. The smallest absolute Gasteiger partial charge is 0.264 e. The number of piperidine rings is 1. The minimum atomic E-state index is -0.0833. The maximum atomic E-state index is 13.2. The molecule has 1 aromatic carbocycles. The van der Waals surface area contributed by atoms with Crippen LogP contribution in [-0.4, -0.2) is 46.3 Å². The van der Waals surface area contributed by atoms with E-state index in [0.717, 1.165) is 46.6 Å². The zero-order valence-corrected chi connectivity index (χ0v) is 21.0. The van der Waals surface area contributed by atoms with Gasteiger partial charge in [-0.1, -0.05) is 18.2 Å². The second-order valence-electron chi connectivity index (χ2n) is 9.25. The summed E-state index contributed by atoms with van der Waals surface area (Å²) in [7, 11) is 0. The topological polar surface area (TPSA) is 78.1 Å². The molecule has 0 aliphatic carbocycles. The van der Waals surface area contributed by atoms with Gasteiger partial charge < -0.3 is 15.2 Å². The standard InChI is InChI=1S/C28H30N4O2S/c1-18-12-16-35-26(18)28(34)32-14-10-20(11-15-32)25-23(8-7-19(2)31-25)27(33)29-13-9-21-17-30-24-6-4-3-5-22(21)24/h3-8,12,16-17,20,30H,9-11,13-15H2,1-2H3,(H,29,33). The second kappa shape index (κ2) is 10.0. The number of carbonyl (C=O) groups is 2. The molecule has 2 N–H and O–H groups in total. The molecule has 0 radical (unpaired) electrons. The maximum Gasteiger partial charge on any atom is 0.264 e. The van der Waals surface area contributed by atoms with Crippen molar-refractivity contribution in [3.8, 4) is 0 Å². The van der Waals surface area contributed by atoms with Gasteiger partial charge in [-0.2, -0.15) is 0 Å². The molecule has 6 nitrogen and oxygen atoms in total. The monoisotopic (exact) mass is 486 g/mol. The lowest BCUT2D eigenvalue weighted by atomic mass is 9.89. The van der Waals surface area contributed by atoms with Gasteiger partial charge in [-0.05, 0) is 73.9 Å². The molecule has 1 fully saturated rings. The summed E-state index contributed by atoms with van der Waals surface area (Å²) in [5.74, 6) is 0.196. The number of thiophene rings is 1. The molecular weight excluding hydrogens is 456 g/mol. The van der Waals surface area contributed by atoms with Crippen LogP contribution in [0.25, 0.3) is 10.9 Å². The third-order valence-electron chi connectivity index (χ3n) is 6.89. The number of hydrogen-bond donors (Lipinski definition) is 2. The highest BCUT2D eigenvalue weighted by Crippen LogP contribution is 2.31. The predicted molar refractivity (Wildman–Crippen MR) is 140 cm³/mol. The molecule has 0 spiro atoms. The number of aromatic amines is 1. The largest absolute Gasteiger partial charge is 0.361 e. The third-order valence-corrected chi connectivity index (χ3v) is 7.89. The van der Waals surface area contributed by atoms with Crippen molar-refractivity contribution in [1.82, 2.24) is 20.2 Å². The van der Waals surface area contributed by atoms with Crippen molar-refractivity contribution in [2.24, 2.45) is 0 Å². The minimum Gasteiger partial charge on any atom is -0.361 e. The van der Waals surface area contributed by atoms with E-state index < -0.39 is 0 Å².